The highest BCUT2D eigenvalue weighted by atomic mass is 32.2. The summed E-state index contributed by atoms with van der Waals surface area (Å²) >= 11 is 0. The lowest BCUT2D eigenvalue weighted by molar-refractivity contribution is 0.484. The van der Waals surface area contributed by atoms with Gasteiger partial charge in [-0.1, -0.05) is 30.3 Å². The molecular formula is C18H16O5S. The summed E-state index contributed by atoms with van der Waals surface area (Å²) < 4.78 is 34.7. The van der Waals surface area contributed by atoms with Crippen LogP contribution in [0.25, 0.3) is 11.0 Å². The second kappa shape index (κ2) is 6.13. The molecule has 1 aromatic heterocycles. The fraction of sp³-hybridized carbons (Fsp3) is 0.167. The van der Waals surface area contributed by atoms with E-state index in [-0.39, 0.29) is 11.5 Å². The van der Waals surface area contributed by atoms with E-state index in [4.69, 9.17) is 8.60 Å². The molecule has 0 spiro atoms. The lowest BCUT2D eigenvalue weighted by Crippen LogP contribution is -2.12. The number of benzene rings is 2. The molecule has 5 nitrogen and oxygen atoms in total. The molecule has 0 bridgehead atoms. The largest absolute Gasteiger partial charge is 0.422 e. The third-order valence-electron chi connectivity index (χ3n) is 3.84. The molecule has 0 atom stereocenters. The molecule has 6 heteroatoms. The van der Waals surface area contributed by atoms with Crippen molar-refractivity contribution in [2.45, 2.75) is 19.6 Å². The number of hydrogen-bond donors (Lipinski definition) is 0. The zero-order valence-corrected chi connectivity index (χ0v) is 14.1. The average molecular weight is 344 g/mol. The molecular weight excluding hydrogens is 328 g/mol. The predicted octanol–water partition coefficient (Wildman–Crippen LogP) is 3.32. The predicted molar refractivity (Wildman–Crippen MR) is 91.7 cm³/mol. The Morgan fingerprint density at radius 2 is 1.71 bits per heavy atom. The Bertz CT molecular complexity index is 1050. The number of hydrogen-bond acceptors (Lipinski definition) is 5. The van der Waals surface area contributed by atoms with Gasteiger partial charge in [-0.25, -0.2) is 4.79 Å². The van der Waals surface area contributed by atoms with Crippen molar-refractivity contribution < 1.29 is 17.0 Å². The van der Waals surface area contributed by atoms with Crippen molar-refractivity contribution in [1.29, 1.82) is 0 Å². The van der Waals surface area contributed by atoms with Gasteiger partial charge in [-0.15, -0.1) is 0 Å². The second-order valence-corrected chi connectivity index (χ2v) is 7.14. The molecule has 0 amide bonds. The van der Waals surface area contributed by atoms with Gasteiger partial charge in [0.15, 0.2) is 0 Å². The first-order valence-corrected chi connectivity index (χ1v) is 8.93. The molecule has 124 valence electrons. The number of rotatable bonds is 4. The first-order chi connectivity index (χ1) is 11.4. The van der Waals surface area contributed by atoms with Crippen LogP contribution in [0.15, 0.2) is 57.7 Å². The highest BCUT2D eigenvalue weighted by Crippen LogP contribution is 2.25. The van der Waals surface area contributed by atoms with Crippen LogP contribution in [0.2, 0.25) is 0 Å². The van der Waals surface area contributed by atoms with E-state index in [1.54, 1.807) is 43.3 Å². The van der Waals surface area contributed by atoms with Gasteiger partial charge in [0.25, 0.3) is 0 Å². The molecule has 0 fully saturated rings. The maximum absolute atomic E-state index is 12.2. The summed E-state index contributed by atoms with van der Waals surface area (Å²) in [6.45, 7) is 3.51. The zero-order valence-electron chi connectivity index (χ0n) is 13.3. The molecule has 0 aliphatic heterocycles. The molecule has 0 radical (unpaired) electrons. The van der Waals surface area contributed by atoms with Crippen molar-refractivity contribution in [1.82, 2.24) is 0 Å². The molecule has 2 aromatic carbocycles. The fourth-order valence-electron chi connectivity index (χ4n) is 2.43. The van der Waals surface area contributed by atoms with Gasteiger partial charge in [0.05, 0.1) is 0 Å². The monoisotopic (exact) mass is 344 g/mol. The van der Waals surface area contributed by atoms with Gasteiger partial charge >= 0.3 is 15.7 Å². The van der Waals surface area contributed by atoms with Crippen LogP contribution >= 0.6 is 0 Å². The smallest absolute Gasteiger partial charge is 0.339 e. The van der Waals surface area contributed by atoms with Gasteiger partial charge in [0, 0.05) is 17.0 Å². The molecule has 3 aromatic rings. The van der Waals surface area contributed by atoms with Crippen LogP contribution in [0, 0.1) is 13.8 Å². The van der Waals surface area contributed by atoms with Crippen LogP contribution in [-0.4, -0.2) is 8.42 Å². The van der Waals surface area contributed by atoms with Crippen LogP contribution in [0.4, 0.5) is 0 Å². The average Bonchev–Trinajstić information content (AvgIpc) is 2.52. The van der Waals surface area contributed by atoms with Crippen LogP contribution < -0.4 is 9.81 Å². The number of aryl methyl sites for hydroxylation is 1. The van der Waals surface area contributed by atoms with Crippen molar-refractivity contribution in [2.24, 2.45) is 0 Å². The highest BCUT2D eigenvalue weighted by molar-refractivity contribution is 7.86. The maximum Gasteiger partial charge on any atom is 0.339 e. The minimum Gasteiger partial charge on any atom is -0.422 e. The van der Waals surface area contributed by atoms with Gasteiger partial charge in [-0.2, -0.15) is 8.42 Å². The molecule has 0 aliphatic carbocycles. The lowest BCUT2D eigenvalue weighted by Gasteiger charge is -2.09. The second-order valence-electron chi connectivity index (χ2n) is 5.57. The van der Waals surface area contributed by atoms with Crippen molar-refractivity contribution in [3.05, 3.63) is 75.6 Å². The van der Waals surface area contributed by atoms with Gasteiger partial charge < -0.3 is 8.60 Å². The Hall–Kier alpha value is -2.60. The van der Waals surface area contributed by atoms with Gasteiger partial charge in [-0.3, -0.25) is 0 Å². The Morgan fingerprint density at radius 1 is 1.00 bits per heavy atom. The third-order valence-corrected chi connectivity index (χ3v) is 4.97. The van der Waals surface area contributed by atoms with E-state index in [9.17, 15) is 13.2 Å². The summed E-state index contributed by atoms with van der Waals surface area (Å²) in [5.41, 5.74) is 1.84. The standard InChI is InChI=1S/C18H16O5S/c1-12-13(2)18(19)22-17-10-15(8-9-16(12)17)23-24(20,21)11-14-6-4-3-5-7-14/h3-10H,11H2,1-2H3. The van der Waals surface area contributed by atoms with Gasteiger partial charge in [-0.05, 0) is 37.1 Å². The lowest BCUT2D eigenvalue weighted by atomic mass is 10.1. The van der Waals surface area contributed by atoms with E-state index < -0.39 is 15.7 Å². The first kappa shape index (κ1) is 16.3. The summed E-state index contributed by atoms with van der Waals surface area (Å²) in [6, 6.07) is 13.4. The van der Waals surface area contributed by atoms with Crippen LogP contribution in [0.3, 0.4) is 0 Å². The highest BCUT2D eigenvalue weighted by Gasteiger charge is 2.15. The van der Waals surface area contributed by atoms with E-state index in [0.29, 0.717) is 16.7 Å². The Morgan fingerprint density at radius 3 is 2.42 bits per heavy atom. The maximum atomic E-state index is 12.2. The van der Waals surface area contributed by atoms with E-state index in [1.807, 2.05) is 13.0 Å². The minimum atomic E-state index is -3.80. The van der Waals surface area contributed by atoms with Crippen molar-refractivity contribution in [2.75, 3.05) is 0 Å². The zero-order chi connectivity index (χ0) is 17.3. The molecule has 1 heterocycles. The van der Waals surface area contributed by atoms with E-state index in [1.165, 1.54) is 6.07 Å². The summed E-state index contributed by atoms with van der Waals surface area (Å²) in [6.07, 6.45) is 0. The van der Waals surface area contributed by atoms with E-state index in [2.05, 4.69) is 0 Å². The summed E-state index contributed by atoms with van der Waals surface area (Å²) in [5, 5.41) is 0.750. The Labute approximate surface area is 139 Å². The molecule has 3 rings (SSSR count). The van der Waals surface area contributed by atoms with E-state index >= 15 is 0 Å². The fourth-order valence-corrected chi connectivity index (χ4v) is 3.49. The summed E-state index contributed by atoms with van der Waals surface area (Å²) in [4.78, 5) is 11.8. The molecule has 0 saturated heterocycles. The topological polar surface area (TPSA) is 73.6 Å². The number of fused-ring (bicyclic) bond motifs is 1. The molecule has 24 heavy (non-hydrogen) atoms. The quantitative estimate of drug-likeness (QED) is 0.536. The molecule has 0 unspecified atom stereocenters. The van der Waals surface area contributed by atoms with Gasteiger partial charge in [0.1, 0.15) is 17.1 Å². The van der Waals surface area contributed by atoms with Gasteiger partial charge in [0.2, 0.25) is 0 Å². The summed E-state index contributed by atoms with van der Waals surface area (Å²) in [7, 11) is -3.80. The molecule has 0 saturated carbocycles. The normalized spacial score (nSPS) is 11.6. The SMILES string of the molecule is Cc1c(C)c2ccc(OS(=O)(=O)Cc3ccccc3)cc2oc1=O. The minimum absolute atomic E-state index is 0.116. The van der Waals surface area contributed by atoms with Crippen LogP contribution in [-0.2, 0) is 15.9 Å². The molecule has 0 aliphatic rings. The Kier molecular flexibility index (Phi) is 4.15. The van der Waals surface area contributed by atoms with Crippen molar-refractivity contribution >= 4 is 21.1 Å². The Balaban J connectivity index is 1.93. The first-order valence-electron chi connectivity index (χ1n) is 7.36. The van der Waals surface area contributed by atoms with Crippen LogP contribution in [0.5, 0.6) is 5.75 Å². The van der Waals surface area contributed by atoms with Crippen molar-refractivity contribution in [3.63, 3.8) is 0 Å². The van der Waals surface area contributed by atoms with Crippen molar-refractivity contribution in [3.8, 4) is 5.75 Å². The third kappa shape index (κ3) is 3.33. The van der Waals surface area contributed by atoms with E-state index in [0.717, 1.165) is 10.9 Å². The molecule has 0 N–H and O–H groups in total. The van der Waals surface area contributed by atoms with Crippen LogP contribution in [0.1, 0.15) is 16.7 Å². The summed E-state index contributed by atoms with van der Waals surface area (Å²) in [5.74, 6) is -0.118.